The van der Waals surface area contributed by atoms with Gasteiger partial charge in [0, 0.05) is 32.7 Å². The third-order valence-electron chi connectivity index (χ3n) is 2.95. The molecule has 2 rings (SSSR count). The van der Waals surface area contributed by atoms with Gasteiger partial charge in [0.1, 0.15) is 0 Å². The molecule has 2 saturated heterocycles. The minimum Gasteiger partial charge on any atom is -0.381 e. The number of nitrogens with zero attached hydrogens (tertiary/aromatic N) is 1. The smallest absolute Gasteiger partial charge is 0.290 e. The third kappa shape index (κ3) is 1.95. The van der Waals surface area contributed by atoms with Gasteiger partial charge < -0.3 is 9.64 Å². The number of amides is 1. The van der Waals surface area contributed by atoms with Crippen molar-refractivity contribution in [2.75, 3.05) is 26.3 Å². The molecule has 0 aliphatic carbocycles. The summed E-state index contributed by atoms with van der Waals surface area (Å²) in [6, 6.07) is 0. The molecule has 0 spiro atoms. The van der Waals surface area contributed by atoms with Crippen LogP contribution in [0.2, 0.25) is 0 Å². The number of carbonyl (C=O) groups excluding carboxylic acids is 2. The monoisotopic (exact) mass is 197 g/mol. The highest BCUT2D eigenvalue weighted by Crippen LogP contribution is 2.18. The second kappa shape index (κ2) is 4.09. The summed E-state index contributed by atoms with van der Waals surface area (Å²) in [4.78, 5) is 24.0. The molecule has 14 heavy (non-hydrogen) atoms. The Hall–Kier alpha value is -0.900. The van der Waals surface area contributed by atoms with Gasteiger partial charge in [-0.3, -0.25) is 9.59 Å². The molecule has 4 heteroatoms. The predicted molar refractivity (Wildman–Crippen MR) is 49.7 cm³/mol. The van der Waals surface area contributed by atoms with Crippen LogP contribution in [0.25, 0.3) is 0 Å². The summed E-state index contributed by atoms with van der Waals surface area (Å²) in [5, 5.41) is 0. The van der Waals surface area contributed by atoms with Crippen molar-refractivity contribution in [2.24, 2.45) is 5.92 Å². The highest BCUT2D eigenvalue weighted by molar-refractivity contribution is 6.37. The van der Waals surface area contributed by atoms with E-state index in [-0.39, 0.29) is 11.7 Å². The lowest BCUT2D eigenvalue weighted by molar-refractivity contribution is -0.140. The number of ketones is 1. The van der Waals surface area contributed by atoms with Crippen LogP contribution in [0.15, 0.2) is 0 Å². The minimum absolute atomic E-state index is 0.225. The van der Waals surface area contributed by atoms with Crippen molar-refractivity contribution in [1.82, 2.24) is 4.90 Å². The van der Waals surface area contributed by atoms with E-state index >= 15 is 0 Å². The molecule has 1 amide bonds. The van der Waals surface area contributed by atoms with E-state index in [0.29, 0.717) is 18.9 Å². The number of Topliss-reactive ketones (excluding diaryl/α,β-unsaturated/α-hetero) is 1. The van der Waals surface area contributed by atoms with E-state index < -0.39 is 0 Å². The maximum absolute atomic E-state index is 11.3. The summed E-state index contributed by atoms with van der Waals surface area (Å²) in [7, 11) is 0. The van der Waals surface area contributed by atoms with Crippen LogP contribution >= 0.6 is 0 Å². The molecule has 0 aromatic heterocycles. The number of hydrogen-bond acceptors (Lipinski definition) is 3. The van der Waals surface area contributed by atoms with E-state index in [4.69, 9.17) is 4.74 Å². The van der Waals surface area contributed by atoms with Crippen LogP contribution in [0, 0.1) is 5.92 Å². The molecule has 2 heterocycles. The van der Waals surface area contributed by atoms with Crippen molar-refractivity contribution in [3.05, 3.63) is 0 Å². The van der Waals surface area contributed by atoms with Crippen LogP contribution in [-0.4, -0.2) is 42.9 Å². The van der Waals surface area contributed by atoms with E-state index in [1.807, 2.05) is 0 Å². The highest BCUT2D eigenvalue weighted by Gasteiger charge is 2.30. The molecular weight excluding hydrogens is 182 g/mol. The van der Waals surface area contributed by atoms with Gasteiger partial charge in [0.15, 0.2) is 0 Å². The first-order chi connectivity index (χ1) is 6.77. The molecule has 0 saturated carbocycles. The first-order valence-electron chi connectivity index (χ1n) is 5.17. The number of rotatable bonds is 2. The number of likely N-dealkylation sites (tertiary alicyclic amines) is 1. The zero-order valence-corrected chi connectivity index (χ0v) is 8.20. The molecule has 78 valence electrons. The molecule has 0 unspecified atom stereocenters. The van der Waals surface area contributed by atoms with E-state index in [1.165, 1.54) is 0 Å². The zero-order chi connectivity index (χ0) is 9.97. The maximum atomic E-state index is 11.3. The molecular formula is C10H15NO3. The van der Waals surface area contributed by atoms with Gasteiger partial charge in [-0.25, -0.2) is 0 Å². The van der Waals surface area contributed by atoms with E-state index in [2.05, 4.69) is 0 Å². The second-order valence-electron chi connectivity index (χ2n) is 3.98. The van der Waals surface area contributed by atoms with Crippen molar-refractivity contribution in [3.63, 3.8) is 0 Å². The Morgan fingerprint density at radius 2 is 2.00 bits per heavy atom. The molecule has 0 bridgehead atoms. The maximum Gasteiger partial charge on any atom is 0.290 e. The Bertz CT molecular complexity index is 246. The Labute approximate surface area is 83.2 Å². The van der Waals surface area contributed by atoms with Crippen LogP contribution in [0.3, 0.4) is 0 Å². The average Bonchev–Trinajstić information content (AvgIpc) is 2.52. The first-order valence-corrected chi connectivity index (χ1v) is 5.17. The van der Waals surface area contributed by atoms with Crippen molar-refractivity contribution in [3.8, 4) is 0 Å². The van der Waals surface area contributed by atoms with E-state index in [9.17, 15) is 9.59 Å². The molecule has 0 aromatic carbocycles. The molecule has 4 nitrogen and oxygen atoms in total. The van der Waals surface area contributed by atoms with Gasteiger partial charge in [-0.2, -0.15) is 0 Å². The van der Waals surface area contributed by atoms with Crippen molar-refractivity contribution < 1.29 is 14.3 Å². The van der Waals surface area contributed by atoms with Crippen molar-refractivity contribution in [2.45, 2.75) is 19.3 Å². The fourth-order valence-corrected chi connectivity index (χ4v) is 2.04. The molecule has 2 aliphatic rings. The standard InChI is InChI=1S/C10H15NO3/c12-9-1-4-11(10(9)13)7-8-2-5-14-6-3-8/h8H,1-7H2. The van der Waals surface area contributed by atoms with Gasteiger partial charge in [0.25, 0.3) is 5.91 Å². The van der Waals surface area contributed by atoms with Gasteiger partial charge in [-0.1, -0.05) is 0 Å². The Morgan fingerprint density at radius 3 is 2.57 bits per heavy atom. The normalized spacial score (nSPS) is 24.7. The van der Waals surface area contributed by atoms with Crippen LogP contribution in [0.4, 0.5) is 0 Å². The highest BCUT2D eigenvalue weighted by atomic mass is 16.5. The number of hydrogen-bond donors (Lipinski definition) is 0. The summed E-state index contributed by atoms with van der Waals surface area (Å²) in [6.45, 7) is 2.95. The van der Waals surface area contributed by atoms with Crippen LogP contribution in [-0.2, 0) is 14.3 Å². The Kier molecular flexibility index (Phi) is 2.82. The lowest BCUT2D eigenvalue weighted by Crippen LogP contribution is -2.34. The molecule has 0 N–H and O–H groups in total. The second-order valence-corrected chi connectivity index (χ2v) is 3.98. The SMILES string of the molecule is O=C1CCN(CC2CCOCC2)C1=O. The number of ether oxygens (including phenoxy) is 1. The average molecular weight is 197 g/mol. The summed E-state index contributed by atoms with van der Waals surface area (Å²) < 4.78 is 5.24. The lowest BCUT2D eigenvalue weighted by Gasteiger charge is -2.26. The topological polar surface area (TPSA) is 46.6 Å². The molecule has 2 fully saturated rings. The van der Waals surface area contributed by atoms with Gasteiger partial charge in [0.2, 0.25) is 5.78 Å². The van der Waals surface area contributed by atoms with Crippen LogP contribution in [0.1, 0.15) is 19.3 Å². The Morgan fingerprint density at radius 1 is 1.29 bits per heavy atom. The van der Waals surface area contributed by atoms with Gasteiger partial charge in [-0.05, 0) is 18.8 Å². The van der Waals surface area contributed by atoms with Gasteiger partial charge in [-0.15, -0.1) is 0 Å². The third-order valence-corrected chi connectivity index (χ3v) is 2.95. The first kappa shape index (κ1) is 9.65. The summed E-state index contributed by atoms with van der Waals surface area (Å²) in [6.07, 6.45) is 2.43. The van der Waals surface area contributed by atoms with Gasteiger partial charge >= 0.3 is 0 Å². The van der Waals surface area contributed by atoms with Crippen molar-refractivity contribution >= 4 is 11.7 Å². The van der Waals surface area contributed by atoms with Gasteiger partial charge in [0.05, 0.1) is 0 Å². The van der Waals surface area contributed by atoms with Crippen molar-refractivity contribution in [1.29, 1.82) is 0 Å². The number of carbonyl (C=O) groups is 2. The molecule has 0 atom stereocenters. The summed E-state index contributed by atoms with van der Waals surface area (Å²) >= 11 is 0. The fourth-order valence-electron chi connectivity index (χ4n) is 2.04. The van der Waals surface area contributed by atoms with Crippen LogP contribution in [0.5, 0.6) is 0 Å². The summed E-state index contributed by atoms with van der Waals surface area (Å²) in [5.74, 6) is 0.0205. The van der Waals surface area contributed by atoms with Crippen LogP contribution < -0.4 is 0 Å². The lowest BCUT2D eigenvalue weighted by atomic mass is 10.00. The molecule has 0 radical (unpaired) electrons. The predicted octanol–water partition coefficient (Wildman–Crippen LogP) is 0.214. The fraction of sp³-hybridized carbons (Fsp3) is 0.800. The zero-order valence-electron chi connectivity index (χ0n) is 8.20. The minimum atomic E-state index is -0.281. The molecule has 0 aromatic rings. The molecule has 2 aliphatic heterocycles. The summed E-state index contributed by atoms with van der Waals surface area (Å²) in [5.41, 5.74) is 0. The largest absolute Gasteiger partial charge is 0.381 e. The quantitative estimate of drug-likeness (QED) is 0.595. The van der Waals surface area contributed by atoms with E-state index in [1.54, 1.807) is 4.90 Å². The Balaban J connectivity index is 1.85. The van der Waals surface area contributed by atoms with E-state index in [0.717, 1.165) is 32.6 Å².